The second-order valence-electron chi connectivity index (χ2n) is 5.24. The van der Waals surface area contributed by atoms with E-state index in [1.807, 2.05) is 50.2 Å². The molecule has 0 unspecified atom stereocenters. The summed E-state index contributed by atoms with van der Waals surface area (Å²) in [7, 11) is 1.60. The maximum Gasteiger partial charge on any atom is 0.345 e. The summed E-state index contributed by atoms with van der Waals surface area (Å²) in [4.78, 5) is 11.4. The number of ether oxygens (including phenoxy) is 2. The van der Waals surface area contributed by atoms with Gasteiger partial charge in [-0.15, -0.1) is 0 Å². The highest BCUT2D eigenvalue weighted by Crippen LogP contribution is 2.20. The molecular weight excluding hydrogens is 280 g/mol. The number of benzene rings is 2. The first kappa shape index (κ1) is 15.9. The third-order valence-electron chi connectivity index (χ3n) is 3.61. The quantitative estimate of drug-likeness (QED) is 0.888. The van der Waals surface area contributed by atoms with Gasteiger partial charge in [-0.05, 0) is 54.8 Å². The molecule has 0 saturated heterocycles. The van der Waals surface area contributed by atoms with Crippen molar-refractivity contribution in [1.29, 1.82) is 0 Å². The Labute approximate surface area is 130 Å². The smallest absolute Gasteiger partial charge is 0.345 e. The van der Waals surface area contributed by atoms with Crippen LogP contribution in [0.1, 0.15) is 16.7 Å². The van der Waals surface area contributed by atoms with E-state index in [0.29, 0.717) is 12.2 Å². The molecule has 0 amide bonds. The summed E-state index contributed by atoms with van der Waals surface area (Å²) < 4.78 is 10.7. The highest BCUT2D eigenvalue weighted by Gasteiger charge is 2.20. The van der Waals surface area contributed by atoms with E-state index in [-0.39, 0.29) is 0 Å². The molecule has 0 fully saturated rings. The van der Waals surface area contributed by atoms with Gasteiger partial charge in [0.05, 0.1) is 7.11 Å². The number of methoxy groups -OCH3 is 1. The average Bonchev–Trinajstić information content (AvgIpc) is 2.51. The van der Waals surface area contributed by atoms with E-state index in [1.54, 1.807) is 13.2 Å². The summed E-state index contributed by atoms with van der Waals surface area (Å²) >= 11 is 0. The van der Waals surface area contributed by atoms with Gasteiger partial charge < -0.3 is 14.6 Å². The van der Waals surface area contributed by atoms with Gasteiger partial charge in [0.1, 0.15) is 11.5 Å². The monoisotopic (exact) mass is 300 g/mol. The molecule has 2 aromatic carbocycles. The van der Waals surface area contributed by atoms with Crippen molar-refractivity contribution in [3.63, 3.8) is 0 Å². The van der Waals surface area contributed by atoms with E-state index in [1.165, 1.54) is 0 Å². The number of carboxylic acid groups (broad SMARTS) is 1. The molecule has 0 radical (unpaired) electrons. The molecule has 2 rings (SSSR count). The van der Waals surface area contributed by atoms with Crippen LogP contribution in [0.15, 0.2) is 42.5 Å². The lowest BCUT2D eigenvalue weighted by Gasteiger charge is -2.16. The molecule has 2 aromatic rings. The molecular formula is C18H20O4. The Kier molecular flexibility index (Phi) is 5.04. The summed E-state index contributed by atoms with van der Waals surface area (Å²) in [6, 6.07) is 12.9. The van der Waals surface area contributed by atoms with Gasteiger partial charge in [0.15, 0.2) is 6.10 Å². The number of hydrogen-bond acceptors (Lipinski definition) is 3. The SMILES string of the molecule is COc1ccc(C[C@H](Oc2ccc(C)c(C)c2)C(=O)O)cc1. The lowest BCUT2D eigenvalue weighted by atomic mass is 10.1. The maximum absolute atomic E-state index is 11.4. The summed E-state index contributed by atoms with van der Waals surface area (Å²) in [5.74, 6) is 0.337. The van der Waals surface area contributed by atoms with Crippen LogP contribution in [0.3, 0.4) is 0 Å². The van der Waals surface area contributed by atoms with Crippen LogP contribution in [0, 0.1) is 13.8 Å². The Morgan fingerprint density at radius 3 is 2.23 bits per heavy atom. The number of rotatable bonds is 6. The van der Waals surface area contributed by atoms with Crippen molar-refractivity contribution in [2.45, 2.75) is 26.4 Å². The van der Waals surface area contributed by atoms with Crippen molar-refractivity contribution < 1.29 is 19.4 Å². The molecule has 22 heavy (non-hydrogen) atoms. The van der Waals surface area contributed by atoms with Crippen molar-refractivity contribution in [3.05, 3.63) is 59.2 Å². The number of carboxylic acids is 1. The van der Waals surface area contributed by atoms with Crippen LogP contribution in [0.5, 0.6) is 11.5 Å². The summed E-state index contributed by atoms with van der Waals surface area (Å²) in [5.41, 5.74) is 3.11. The average molecular weight is 300 g/mol. The topological polar surface area (TPSA) is 55.8 Å². The van der Waals surface area contributed by atoms with Gasteiger partial charge in [-0.3, -0.25) is 0 Å². The van der Waals surface area contributed by atoms with Crippen LogP contribution >= 0.6 is 0 Å². The van der Waals surface area contributed by atoms with Crippen molar-refractivity contribution >= 4 is 5.97 Å². The van der Waals surface area contributed by atoms with E-state index in [4.69, 9.17) is 9.47 Å². The van der Waals surface area contributed by atoms with Gasteiger partial charge in [-0.25, -0.2) is 4.79 Å². The second-order valence-corrected chi connectivity index (χ2v) is 5.24. The number of carbonyl (C=O) groups is 1. The number of hydrogen-bond donors (Lipinski definition) is 1. The normalized spacial score (nSPS) is 11.8. The van der Waals surface area contributed by atoms with E-state index in [9.17, 15) is 9.90 Å². The van der Waals surface area contributed by atoms with Gasteiger partial charge in [-0.2, -0.15) is 0 Å². The zero-order chi connectivity index (χ0) is 16.1. The molecule has 0 bridgehead atoms. The third-order valence-corrected chi connectivity index (χ3v) is 3.61. The van der Waals surface area contributed by atoms with Crippen LogP contribution in [-0.2, 0) is 11.2 Å². The van der Waals surface area contributed by atoms with Crippen LogP contribution in [0.4, 0.5) is 0 Å². The molecule has 0 aliphatic rings. The molecule has 0 saturated carbocycles. The lowest BCUT2D eigenvalue weighted by molar-refractivity contribution is -0.145. The van der Waals surface area contributed by atoms with Gasteiger partial charge in [-0.1, -0.05) is 18.2 Å². The molecule has 1 atom stereocenters. The summed E-state index contributed by atoms with van der Waals surface area (Å²) in [6.45, 7) is 3.98. The predicted molar refractivity (Wildman–Crippen MR) is 84.7 cm³/mol. The Morgan fingerprint density at radius 1 is 1.05 bits per heavy atom. The minimum Gasteiger partial charge on any atom is -0.497 e. The number of aryl methyl sites for hydroxylation is 2. The Morgan fingerprint density at radius 2 is 1.68 bits per heavy atom. The Bertz CT molecular complexity index is 647. The summed E-state index contributed by atoms with van der Waals surface area (Å²) in [6.07, 6.45) is -0.623. The predicted octanol–water partition coefficient (Wildman–Crippen LogP) is 3.39. The van der Waals surface area contributed by atoms with E-state index in [0.717, 1.165) is 22.4 Å². The Balaban J connectivity index is 2.12. The van der Waals surface area contributed by atoms with E-state index in [2.05, 4.69) is 0 Å². The van der Waals surface area contributed by atoms with E-state index >= 15 is 0 Å². The van der Waals surface area contributed by atoms with Crippen molar-refractivity contribution in [2.75, 3.05) is 7.11 Å². The standard InChI is InChI=1S/C18H20O4/c1-12-4-7-16(10-13(12)2)22-17(18(19)20)11-14-5-8-15(21-3)9-6-14/h4-10,17H,11H2,1-3H3,(H,19,20)/t17-/m0/s1. The van der Waals surface area contributed by atoms with Gasteiger partial charge in [0.2, 0.25) is 0 Å². The minimum absolute atomic E-state index is 0.298. The fourth-order valence-corrected chi connectivity index (χ4v) is 2.11. The first-order valence-corrected chi connectivity index (χ1v) is 7.09. The third kappa shape index (κ3) is 4.01. The van der Waals surface area contributed by atoms with Crippen LogP contribution < -0.4 is 9.47 Å². The number of aliphatic carboxylic acids is 1. The van der Waals surface area contributed by atoms with Gasteiger partial charge >= 0.3 is 5.97 Å². The molecule has 0 heterocycles. The van der Waals surface area contributed by atoms with Gasteiger partial charge in [0, 0.05) is 6.42 Å². The zero-order valence-corrected chi connectivity index (χ0v) is 13.0. The maximum atomic E-state index is 11.4. The largest absolute Gasteiger partial charge is 0.497 e. The Hall–Kier alpha value is -2.49. The molecule has 0 aliphatic heterocycles. The van der Waals surface area contributed by atoms with Crippen molar-refractivity contribution in [1.82, 2.24) is 0 Å². The first-order valence-electron chi connectivity index (χ1n) is 7.09. The fraction of sp³-hybridized carbons (Fsp3) is 0.278. The van der Waals surface area contributed by atoms with Crippen LogP contribution in [0.25, 0.3) is 0 Å². The van der Waals surface area contributed by atoms with E-state index < -0.39 is 12.1 Å². The lowest BCUT2D eigenvalue weighted by Crippen LogP contribution is -2.29. The zero-order valence-electron chi connectivity index (χ0n) is 13.0. The van der Waals surface area contributed by atoms with Gasteiger partial charge in [0.25, 0.3) is 0 Å². The highest BCUT2D eigenvalue weighted by atomic mass is 16.5. The van der Waals surface area contributed by atoms with Crippen molar-refractivity contribution in [2.24, 2.45) is 0 Å². The molecule has 0 aliphatic carbocycles. The van der Waals surface area contributed by atoms with Crippen LogP contribution in [-0.4, -0.2) is 24.3 Å². The van der Waals surface area contributed by atoms with Crippen molar-refractivity contribution in [3.8, 4) is 11.5 Å². The second kappa shape index (κ2) is 6.98. The molecule has 0 spiro atoms. The molecule has 0 aromatic heterocycles. The van der Waals surface area contributed by atoms with Crippen LogP contribution in [0.2, 0.25) is 0 Å². The molecule has 116 valence electrons. The molecule has 1 N–H and O–H groups in total. The molecule has 4 heteroatoms. The minimum atomic E-state index is -0.978. The first-order chi connectivity index (χ1) is 10.5. The highest BCUT2D eigenvalue weighted by molar-refractivity contribution is 5.73. The molecule has 4 nitrogen and oxygen atoms in total. The fourth-order valence-electron chi connectivity index (χ4n) is 2.11. The summed E-state index contributed by atoms with van der Waals surface area (Å²) in [5, 5.41) is 9.37.